The summed E-state index contributed by atoms with van der Waals surface area (Å²) in [6, 6.07) is 8.31. The van der Waals surface area contributed by atoms with Gasteiger partial charge in [-0.3, -0.25) is 0 Å². The zero-order chi connectivity index (χ0) is 15.6. The van der Waals surface area contributed by atoms with Crippen LogP contribution in [0.5, 0.6) is 0 Å². The van der Waals surface area contributed by atoms with Gasteiger partial charge in [0, 0.05) is 15.6 Å². The molecule has 2 aromatic carbocycles. The van der Waals surface area contributed by atoms with Gasteiger partial charge in [-0.15, -0.1) is 0 Å². The van der Waals surface area contributed by atoms with Crippen molar-refractivity contribution in [1.82, 2.24) is 5.32 Å². The van der Waals surface area contributed by atoms with E-state index in [0.29, 0.717) is 10.6 Å². The van der Waals surface area contributed by atoms with Crippen LogP contribution in [-0.2, 0) is 0 Å². The van der Waals surface area contributed by atoms with Gasteiger partial charge in [-0.2, -0.15) is 0 Å². The molecule has 0 aliphatic carbocycles. The van der Waals surface area contributed by atoms with Crippen molar-refractivity contribution in [2.75, 3.05) is 6.54 Å². The first-order valence-electron chi connectivity index (χ1n) is 6.89. The second-order valence-corrected chi connectivity index (χ2v) is 5.96. The third-order valence-corrected chi connectivity index (χ3v) is 4.18. The largest absolute Gasteiger partial charge is 0.306 e. The number of rotatable bonds is 4. The Balaban J connectivity index is 2.58. The molecule has 2 aromatic rings. The van der Waals surface area contributed by atoms with Crippen LogP contribution in [0.3, 0.4) is 0 Å². The molecule has 0 amide bonds. The molecule has 0 aliphatic heterocycles. The van der Waals surface area contributed by atoms with Gasteiger partial charge in [0.25, 0.3) is 0 Å². The topological polar surface area (TPSA) is 12.0 Å². The van der Waals surface area contributed by atoms with Gasteiger partial charge >= 0.3 is 0 Å². The molecule has 1 atom stereocenters. The summed E-state index contributed by atoms with van der Waals surface area (Å²) in [5.41, 5.74) is 3.56. The fourth-order valence-electron chi connectivity index (χ4n) is 2.44. The lowest BCUT2D eigenvalue weighted by atomic mass is 9.93. The van der Waals surface area contributed by atoms with Crippen molar-refractivity contribution in [1.29, 1.82) is 0 Å². The molecule has 21 heavy (non-hydrogen) atoms. The van der Waals surface area contributed by atoms with E-state index in [4.69, 9.17) is 23.2 Å². The maximum Gasteiger partial charge on any atom is 0.128 e. The van der Waals surface area contributed by atoms with Crippen molar-refractivity contribution in [3.05, 3.63) is 68.4 Å². The van der Waals surface area contributed by atoms with E-state index in [2.05, 4.69) is 5.32 Å². The van der Waals surface area contributed by atoms with E-state index in [0.717, 1.165) is 28.3 Å². The van der Waals surface area contributed by atoms with E-state index >= 15 is 0 Å². The Morgan fingerprint density at radius 3 is 2.43 bits per heavy atom. The minimum Gasteiger partial charge on any atom is -0.306 e. The lowest BCUT2D eigenvalue weighted by molar-refractivity contribution is 0.557. The average Bonchev–Trinajstić information content (AvgIpc) is 2.43. The Morgan fingerprint density at radius 1 is 1.05 bits per heavy atom. The van der Waals surface area contributed by atoms with Gasteiger partial charge in [0.15, 0.2) is 0 Å². The fraction of sp³-hybridized carbons (Fsp3) is 0.294. The van der Waals surface area contributed by atoms with Gasteiger partial charge in [0.05, 0.1) is 6.04 Å². The average molecular weight is 326 g/mol. The Bertz CT molecular complexity index is 655. The molecule has 0 fully saturated rings. The van der Waals surface area contributed by atoms with Crippen LogP contribution in [0.15, 0.2) is 30.3 Å². The van der Waals surface area contributed by atoms with Crippen LogP contribution in [0.25, 0.3) is 0 Å². The molecule has 1 nitrogen and oxygen atoms in total. The number of aryl methyl sites for hydroxylation is 2. The van der Waals surface area contributed by atoms with Crippen molar-refractivity contribution >= 4 is 23.2 Å². The quantitative estimate of drug-likeness (QED) is 0.788. The lowest BCUT2D eigenvalue weighted by Gasteiger charge is -2.22. The first-order valence-corrected chi connectivity index (χ1v) is 7.64. The number of benzene rings is 2. The molecule has 0 aromatic heterocycles. The van der Waals surface area contributed by atoms with Crippen LogP contribution in [-0.4, -0.2) is 6.54 Å². The Labute approximate surface area is 135 Å². The van der Waals surface area contributed by atoms with Crippen LogP contribution >= 0.6 is 23.2 Å². The van der Waals surface area contributed by atoms with Crippen LogP contribution in [0.4, 0.5) is 4.39 Å². The summed E-state index contributed by atoms with van der Waals surface area (Å²) in [4.78, 5) is 0. The highest BCUT2D eigenvalue weighted by Gasteiger charge is 2.20. The van der Waals surface area contributed by atoms with Crippen LogP contribution in [0.2, 0.25) is 10.0 Å². The molecule has 0 saturated heterocycles. The molecule has 1 unspecified atom stereocenters. The molecule has 4 heteroatoms. The van der Waals surface area contributed by atoms with Crippen molar-refractivity contribution < 1.29 is 4.39 Å². The number of hydrogen-bond acceptors (Lipinski definition) is 1. The number of hydrogen-bond donors (Lipinski definition) is 1. The maximum atomic E-state index is 14.2. The molecule has 2 rings (SSSR count). The third kappa shape index (κ3) is 3.57. The predicted molar refractivity (Wildman–Crippen MR) is 87.9 cm³/mol. The van der Waals surface area contributed by atoms with Crippen molar-refractivity contribution in [3.8, 4) is 0 Å². The first kappa shape index (κ1) is 16.3. The fourth-order valence-corrected chi connectivity index (χ4v) is 2.84. The Kier molecular flexibility index (Phi) is 5.26. The van der Waals surface area contributed by atoms with Crippen molar-refractivity contribution in [2.24, 2.45) is 0 Å². The van der Waals surface area contributed by atoms with Crippen molar-refractivity contribution in [2.45, 2.75) is 26.8 Å². The molecule has 0 heterocycles. The highest BCUT2D eigenvalue weighted by molar-refractivity contribution is 6.31. The molecule has 112 valence electrons. The van der Waals surface area contributed by atoms with E-state index in [1.54, 1.807) is 12.1 Å². The molecule has 0 aliphatic rings. The van der Waals surface area contributed by atoms with Gasteiger partial charge in [0.1, 0.15) is 5.82 Å². The van der Waals surface area contributed by atoms with Crippen LogP contribution < -0.4 is 5.32 Å². The Morgan fingerprint density at radius 2 is 1.76 bits per heavy atom. The number of halogens is 3. The minimum atomic E-state index is -0.266. The predicted octanol–water partition coefficient (Wildman–Crippen LogP) is 5.45. The molecule has 0 radical (unpaired) electrons. The van der Waals surface area contributed by atoms with Gasteiger partial charge in [-0.1, -0.05) is 36.2 Å². The molecule has 0 bridgehead atoms. The molecular formula is C17H18Cl2FN. The Hall–Kier alpha value is -1.09. The third-order valence-electron chi connectivity index (χ3n) is 3.54. The van der Waals surface area contributed by atoms with E-state index in [9.17, 15) is 4.39 Å². The van der Waals surface area contributed by atoms with Crippen LogP contribution in [0.1, 0.15) is 35.2 Å². The standard InChI is InChI=1S/C17H18Cl2FN/c1-4-21-17(14-9-12(18)5-6-16(14)20)13-7-11(3)15(19)8-10(13)2/h5-9,17,21H,4H2,1-3H3. The summed E-state index contributed by atoms with van der Waals surface area (Å²) in [5, 5.41) is 4.58. The van der Waals surface area contributed by atoms with E-state index in [1.807, 2.05) is 32.9 Å². The second kappa shape index (κ2) is 6.78. The zero-order valence-electron chi connectivity index (χ0n) is 12.3. The van der Waals surface area contributed by atoms with E-state index < -0.39 is 0 Å². The highest BCUT2D eigenvalue weighted by atomic mass is 35.5. The lowest BCUT2D eigenvalue weighted by Crippen LogP contribution is -2.24. The normalized spacial score (nSPS) is 12.5. The summed E-state index contributed by atoms with van der Waals surface area (Å²) in [6.45, 7) is 6.64. The van der Waals surface area contributed by atoms with Gasteiger partial charge in [0.2, 0.25) is 0 Å². The number of nitrogens with one attached hydrogen (secondary N) is 1. The SMILES string of the molecule is CCNC(c1cc(C)c(Cl)cc1C)c1cc(Cl)ccc1F. The maximum absolute atomic E-state index is 14.2. The van der Waals surface area contributed by atoms with Gasteiger partial charge in [-0.25, -0.2) is 4.39 Å². The summed E-state index contributed by atoms with van der Waals surface area (Å²) in [7, 11) is 0. The highest BCUT2D eigenvalue weighted by Crippen LogP contribution is 2.31. The molecule has 1 N–H and O–H groups in total. The molecule has 0 spiro atoms. The van der Waals surface area contributed by atoms with Gasteiger partial charge < -0.3 is 5.32 Å². The zero-order valence-corrected chi connectivity index (χ0v) is 13.8. The van der Waals surface area contributed by atoms with Gasteiger partial charge in [-0.05, 0) is 61.3 Å². The minimum absolute atomic E-state index is 0.246. The first-order chi connectivity index (χ1) is 9.93. The second-order valence-electron chi connectivity index (χ2n) is 5.11. The summed E-state index contributed by atoms with van der Waals surface area (Å²) in [6.07, 6.45) is 0. The molecule has 0 saturated carbocycles. The van der Waals surface area contributed by atoms with E-state index in [1.165, 1.54) is 6.07 Å². The monoisotopic (exact) mass is 325 g/mol. The smallest absolute Gasteiger partial charge is 0.128 e. The summed E-state index contributed by atoms with van der Waals surface area (Å²) >= 11 is 12.2. The van der Waals surface area contributed by atoms with E-state index in [-0.39, 0.29) is 11.9 Å². The summed E-state index contributed by atoms with van der Waals surface area (Å²) < 4.78 is 14.2. The summed E-state index contributed by atoms with van der Waals surface area (Å²) in [5.74, 6) is -0.266. The van der Waals surface area contributed by atoms with Crippen molar-refractivity contribution in [3.63, 3.8) is 0 Å². The molecular weight excluding hydrogens is 308 g/mol. The van der Waals surface area contributed by atoms with Crippen LogP contribution in [0, 0.1) is 19.7 Å².